The van der Waals surface area contributed by atoms with E-state index in [1.54, 1.807) is 0 Å². The summed E-state index contributed by atoms with van der Waals surface area (Å²) in [7, 11) is 7.56. The molecule has 0 heterocycles. The predicted molar refractivity (Wildman–Crippen MR) is 456 cm³/mol. The number of carbonyl (C=O) groups is 3. The molecule has 0 aliphatic heterocycles. The number of likely N-dealkylation sites (N-methyl/N-ethyl adjacent to an activating group) is 3. The Labute approximate surface area is 700 Å². The third-order valence-electron chi connectivity index (χ3n) is 22.2. The van der Waals surface area contributed by atoms with Crippen molar-refractivity contribution in [1.82, 2.24) is 16.0 Å². The number of rotatable bonds is 87. The first kappa shape index (κ1) is 115. The Balaban J connectivity index is -0.0000187. The first-order chi connectivity index (χ1) is 51.7. The topological polar surface area (TPSA) is 193 Å². The molecule has 3 unspecified atom stereocenters. The molecular formula is C90H186Cl3N6O10P. The summed E-state index contributed by atoms with van der Waals surface area (Å²) in [6.45, 7) is 10.3. The summed E-state index contributed by atoms with van der Waals surface area (Å²) in [5.41, 5.74) is 0. The van der Waals surface area contributed by atoms with Crippen LogP contribution in [-0.2, 0) is 32.5 Å². The van der Waals surface area contributed by atoms with Gasteiger partial charge in [-0.1, -0.05) is 367 Å². The number of amides is 3. The SMILES string of the molecule is CCCCCCCCCCCCCCCCCCCCCC(=O)NCCC[N+](C)(C)CC(O)COP(=O)(OCC(O)C[N+](C)(C)CCCNC(=O)CCCCCCCCCCCCCCCCCCCCC)OCC(O)C[N+](C)(C)CCCNC(=O)CCCCCCCCCCCCCCCCCCCCC.[Cl-].[Cl-].[Cl-]. The zero-order chi connectivity index (χ0) is 78.7. The number of halogens is 3. The Kier molecular flexibility index (Phi) is 87.4. The molecule has 110 heavy (non-hydrogen) atoms. The maximum absolute atomic E-state index is 14.4. The van der Waals surface area contributed by atoms with E-state index < -0.39 is 26.1 Å². The fourth-order valence-corrected chi connectivity index (χ4v) is 16.6. The van der Waals surface area contributed by atoms with Crippen molar-refractivity contribution in [2.75, 3.05) is 121 Å². The third kappa shape index (κ3) is 85.0. The molecule has 0 rings (SSSR count). The van der Waals surface area contributed by atoms with Crippen molar-refractivity contribution in [3.63, 3.8) is 0 Å². The van der Waals surface area contributed by atoms with E-state index in [4.69, 9.17) is 13.6 Å². The van der Waals surface area contributed by atoms with Crippen LogP contribution in [0.3, 0.4) is 0 Å². The number of aliphatic hydroxyl groups excluding tert-OH is 3. The Bertz CT molecular complexity index is 1790. The van der Waals surface area contributed by atoms with Crippen LogP contribution in [0, 0.1) is 0 Å². The van der Waals surface area contributed by atoms with Crippen LogP contribution >= 0.6 is 7.82 Å². The molecule has 0 aliphatic carbocycles. The van der Waals surface area contributed by atoms with Crippen molar-refractivity contribution < 1.29 is 98.5 Å². The summed E-state index contributed by atoms with van der Waals surface area (Å²) in [5, 5.41) is 43.2. The highest BCUT2D eigenvalue weighted by atomic mass is 35.5. The molecule has 0 aromatic heterocycles. The third-order valence-corrected chi connectivity index (χ3v) is 23.6. The van der Waals surface area contributed by atoms with Gasteiger partial charge in [-0.05, 0) is 19.3 Å². The maximum Gasteiger partial charge on any atom is 0.475 e. The Morgan fingerprint density at radius 2 is 0.409 bits per heavy atom. The number of nitrogens with one attached hydrogen (secondary N) is 3. The van der Waals surface area contributed by atoms with Crippen LogP contribution in [0.2, 0.25) is 0 Å². The maximum atomic E-state index is 14.4. The lowest BCUT2D eigenvalue weighted by Gasteiger charge is -2.33. The fraction of sp³-hybridized carbons (Fsp3) is 0.967. The van der Waals surface area contributed by atoms with Gasteiger partial charge in [0.2, 0.25) is 17.7 Å². The lowest BCUT2D eigenvalue weighted by molar-refractivity contribution is -0.893. The molecule has 0 bridgehead atoms. The zero-order valence-corrected chi connectivity index (χ0v) is 77.0. The standard InChI is InChI=1S/C90H183N6O10P.3ClH/c1-10-13-16-19-22-25-28-31-34-37-40-43-46-49-52-55-58-61-64-70-88(100)91-73-67-76-94(4,5)79-85(97)82-104-107(103,105-83-86(98)80-95(6,7)77-68-74-92-89(101)71-65-62-59-56-53-50-47-44-41-38-35-32-29-26-23-20-17-14-11-2)106-84-87(99)81-96(8,9)78-69-75-93-90(102)72-66-63-60-57-54-51-48-45-42-39-36-33-30-27-24-21-18-15-12-3;;;/h85-87,97-99H,10-84H2,1-9H3;3*1H. The Morgan fingerprint density at radius 1 is 0.264 bits per heavy atom. The summed E-state index contributed by atoms with van der Waals surface area (Å²) in [6, 6.07) is 0. The van der Waals surface area contributed by atoms with E-state index in [2.05, 4.69) is 36.7 Å². The number of hydrogen-bond acceptors (Lipinski definition) is 10. The second kappa shape index (κ2) is 83.2. The largest absolute Gasteiger partial charge is 1.00 e. The summed E-state index contributed by atoms with van der Waals surface area (Å²) < 4.78 is 33.2. The predicted octanol–water partition coefficient (Wildman–Crippen LogP) is 13.5. The average molecular weight is 1650 g/mol. The summed E-state index contributed by atoms with van der Waals surface area (Å²) >= 11 is 0. The number of quaternary nitrogens is 3. The normalized spacial score (nSPS) is 13.3. The van der Waals surface area contributed by atoms with Gasteiger partial charge in [-0.15, -0.1) is 0 Å². The van der Waals surface area contributed by atoms with Gasteiger partial charge in [-0.25, -0.2) is 4.57 Å². The molecular weight excluding hydrogens is 1460 g/mol. The van der Waals surface area contributed by atoms with Gasteiger partial charge in [0, 0.05) is 58.2 Å². The summed E-state index contributed by atoms with van der Waals surface area (Å²) in [6.07, 6.45) is 76.1. The number of carbonyl (C=O) groups excluding carboxylic acids is 3. The number of phosphoric ester groups is 1. The molecule has 0 aromatic rings. The van der Waals surface area contributed by atoms with Crippen LogP contribution < -0.4 is 53.2 Å². The quantitative estimate of drug-likeness (QED) is 0.0194. The van der Waals surface area contributed by atoms with Crippen molar-refractivity contribution >= 4 is 25.5 Å². The molecule has 0 saturated heterocycles. The van der Waals surface area contributed by atoms with Gasteiger partial charge < -0.3 is 81.9 Å². The second-order valence-corrected chi connectivity index (χ2v) is 36.9. The molecule has 0 radical (unpaired) electrons. The van der Waals surface area contributed by atoms with Crippen LogP contribution in [0.4, 0.5) is 0 Å². The minimum Gasteiger partial charge on any atom is -1.00 e. The van der Waals surface area contributed by atoms with Crippen LogP contribution in [-0.4, -0.2) is 186 Å². The van der Waals surface area contributed by atoms with Crippen molar-refractivity contribution in [3.05, 3.63) is 0 Å². The van der Waals surface area contributed by atoms with Gasteiger partial charge in [0.05, 0.1) is 81.7 Å². The number of hydrogen-bond donors (Lipinski definition) is 6. The molecule has 0 saturated carbocycles. The minimum absolute atomic E-state index is 0. The first-order valence-electron chi connectivity index (χ1n) is 46.5. The second-order valence-electron chi connectivity index (χ2n) is 35.3. The van der Waals surface area contributed by atoms with Gasteiger partial charge in [-0.2, -0.15) is 0 Å². The molecule has 3 atom stereocenters. The number of unbranched alkanes of at least 4 members (excludes halogenated alkanes) is 54. The van der Waals surface area contributed by atoms with Crippen LogP contribution in [0.1, 0.15) is 425 Å². The van der Waals surface area contributed by atoms with Crippen LogP contribution in [0.5, 0.6) is 0 Å². The van der Waals surface area contributed by atoms with E-state index in [9.17, 15) is 34.3 Å². The molecule has 0 spiro atoms. The van der Waals surface area contributed by atoms with E-state index in [0.717, 1.165) is 57.8 Å². The lowest BCUT2D eigenvalue weighted by Crippen LogP contribution is -3.00. The van der Waals surface area contributed by atoms with E-state index in [1.807, 2.05) is 42.3 Å². The van der Waals surface area contributed by atoms with Gasteiger partial charge in [0.15, 0.2) is 0 Å². The van der Waals surface area contributed by atoms with Gasteiger partial charge >= 0.3 is 7.82 Å². The lowest BCUT2D eigenvalue weighted by atomic mass is 10.0. The van der Waals surface area contributed by atoms with Crippen LogP contribution in [0.25, 0.3) is 0 Å². The van der Waals surface area contributed by atoms with Gasteiger partial charge in [-0.3, -0.25) is 28.0 Å². The smallest absolute Gasteiger partial charge is 0.475 e. The summed E-state index contributed by atoms with van der Waals surface area (Å²) in [4.78, 5) is 38.1. The monoisotopic (exact) mass is 1650 g/mol. The number of aliphatic hydroxyl groups is 3. The molecule has 0 fully saturated rings. The Hall–Kier alpha value is -0.850. The molecule has 20 heteroatoms. The summed E-state index contributed by atoms with van der Waals surface area (Å²) in [5.74, 6) is 0.249. The van der Waals surface area contributed by atoms with E-state index >= 15 is 0 Å². The van der Waals surface area contributed by atoms with Crippen molar-refractivity contribution in [2.45, 2.75) is 444 Å². The highest BCUT2D eigenvalue weighted by Crippen LogP contribution is 2.50. The highest BCUT2D eigenvalue weighted by Gasteiger charge is 2.34. The van der Waals surface area contributed by atoms with E-state index in [-0.39, 0.29) is 94.4 Å². The van der Waals surface area contributed by atoms with Crippen molar-refractivity contribution in [2.24, 2.45) is 0 Å². The molecule has 0 aliphatic rings. The van der Waals surface area contributed by atoms with E-state index in [0.29, 0.717) is 72.0 Å². The first-order valence-corrected chi connectivity index (χ1v) is 48.0. The van der Waals surface area contributed by atoms with Crippen LogP contribution in [0.15, 0.2) is 0 Å². The van der Waals surface area contributed by atoms with Crippen molar-refractivity contribution in [3.8, 4) is 0 Å². The molecule has 662 valence electrons. The minimum atomic E-state index is -4.43. The van der Waals surface area contributed by atoms with Gasteiger partial charge in [0.25, 0.3) is 0 Å². The Morgan fingerprint density at radius 3 is 0.564 bits per heavy atom. The average Bonchev–Trinajstić information content (AvgIpc) is 0.803. The molecule has 16 nitrogen and oxygen atoms in total. The number of nitrogens with zero attached hydrogens (tertiary/aromatic N) is 3. The van der Waals surface area contributed by atoms with Gasteiger partial charge in [0.1, 0.15) is 37.9 Å². The van der Waals surface area contributed by atoms with Crippen molar-refractivity contribution in [1.29, 1.82) is 0 Å². The zero-order valence-electron chi connectivity index (χ0n) is 73.9. The molecule has 3 amide bonds. The molecule has 0 aromatic carbocycles. The fourth-order valence-electron chi connectivity index (χ4n) is 15.3. The molecule has 6 N–H and O–H groups in total. The highest BCUT2D eigenvalue weighted by molar-refractivity contribution is 7.48. The number of phosphoric acid groups is 1. The van der Waals surface area contributed by atoms with E-state index in [1.165, 1.54) is 327 Å².